The average molecular weight is 279 g/mol. The van der Waals surface area contributed by atoms with Crippen LogP contribution in [-0.4, -0.2) is 18.2 Å². The molecule has 0 atom stereocenters. The third-order valence-electron chi connectivity index (χ3n) is 3.63. The molecule has 0 radical (unpaired) electrons. The van der Waals surface area contributed by atoms with E-state index >= 15 is 0 Å². The molecule has 0 aliphatic rings. The molecule has 0 aliphatic heterocycles. The molecule has 0 fully saturated rings. The van der Waals surface area contributed by atoms with Crippen LogP contribution in [0.1, 0.15) is 32.0 Å². The van der Waals surface area contributed by atoms with Crippen molar-refractivity contribution in [3.63, 3.8) is 0 Å². The Labute approximate surface area is 115 Å². The number of nitrogens with zero attached hydrogens (tertiary/aromatic N) is 1. The molecule has 0 aliphatic carbocycles. The number of aryl methyl sites for hydroxylation is 2. The predicted molar refractivity (Wildman–Crippen MR) is 80.1 cm³/mol. The van der Waals surface area contributed by atoms with Gasteiger partial charge in [0, 0.05) is 23.1 Å². The minimum Gasteiger partial charge on any atom is -0.344 e. The van der Waals surface area contributed by atoms with Crippen LogP contribution in [0.2, 0.25) is 0 Å². The fourth-order valence-corrected chi connectivity index (χ4v) is 3.34. The van der Waals surface area contributed by atoms with Gasteiger partial charge in [-0.2, -0.15) is 0 Å². The van der Waals surface area contributed by atoms with Crippen molar-refractivity contribution in [3.8, 4) is 0 Å². The number of rotatable bonds is 4. The zero-order valence-corrected chi connectivity index (χ0v) is 12.8. The summed E-state index contributed by atoms with van der Waals surface area (Å²) in [5.41, 5.74) is 3.20. The van der Waals surface area contributed by atoms with Gasteiger partial charge in [-0.3, -0.25) is 0 Å². The number of benzene rings is 1. The molecule has 0 saturated heterocycles. The topological polar surface area (TPSA) is 39.1 Å². The van der Waals surface area contributed by atoms with Crippen LogP contribution in [0, 0.1) is 6.92 Å². The monoisotopic (exact) mass is 279 g/mol. The minimum absolute atomic E-state index is 0.118. The summed E-state index contributed by atoms with van der Waals surface area (Å²) in [5, 5.41) is 0.815. The first-order valence-electron chi connectivity index (χ1n) is 6.66. The molecular formula is C15H21NO2S. The molecule has 0 spiro atoms. The fraction of sp³-hybridized carbons (Fsp3) is 0.467. The van der Waals surface area contributed by atoms with Gasteiger partial charge < -0.3 is 4.57 Å². The Kier molecular flexibility index (Phi) is 3.72. The van der Waals surface area contributed by atoms with Crippen molar-refractivity contribution >= 4 is 20.7 Å². The molecule has 4 heteroatoms. The molecule has 0 bridgehead atoms. The summed E-state index contributed by atoms with van der Waals surface area (Å²) in [6.07, 6.45) is 0. The van der Waals surface area contributed by atoms with Gasteiger partial charge in [0.15, 0.2) is 9.84 Å². The Hall–Kier alpha value is -1.29. The van der Waals surface area contributed by atoms with Crippen LogP contribution in [0.25, 0.3) is 10.9 Å². The van der Waals surface area contributed by atoms with Gasteiger partial charge >= 0.3 is 0 Å². The maximum atomic E-state index is 12.1. The second kappa shape index (κ2) is 5.00. The molecule has 104 valence electrons. The molecular weight excluding hydrogens is 258 g/mol. The van der Waals surface area contributed by atoms with Crippen LogP contribution in [0.15, 0.2) is 24.3 Å². The zero-order valence-electron chi connectivity index (χ0n) is 12.0. The normalized spacial score (nSPS) is 12.5. The molecule has 3 nitrogen and oxygen atoms in total. The van der Waals surface area contributed by atoms with Crippen LogP contribution in [0.5, 0.6) is 0 Å². The first-order chi connectivity index (χ1) is 8.86. The lowest BCUT2D eigenvalue weighted by atomic mass is 10.1. The van der Waals surface area contributed by atoms with Gasteiger partial charge in [0.05, 0.1) is 11.0 Å². The first-order valence-corrected chi connectivity index (χ1v) is 8.37. The fourth-order valence-electron chi connectivity index (χ4n) is 2.35. The number of hydrogen-bond donors (Lipinski definition) is 0. The minimum atomic E-state index is -3.07. The smallest absolute Gasteiger partial charge is 0.158 e. The van der Waals surface area contributed by atoms with E-state index in [2.05, 4.69) is 23.6 Å². The van der Waals surface area contributed by atoms with E-state index in [-0.39, 0.29) is 11.0 Å². The summed E-state index contributed by atoms with van der Waals surface area (Å²) in [6.45, 7) is 8.37. The molecule has 0 saturated carbocycles. The zero-order chi connectivity index (χ0) is 14.2. The molecule has 19 heavy (non-hydrogen) atoms. The van der Waals surface area contributed by atoms with Crippen molar-refractivity contribution in [2.24, 2.45) is 0 Å². The molecule has 2 rings (SSSR count). The van der Waals surface area contributed by atoms with E-state index in [1.165, 1.54) is 5.56 Å². The quantitative estimate of drug-likeness (QED) is 0.861. The van der Waals surface area contributed by atoms with E-state index in [0.717, 1.165) is 23.1 Å². The van der Waals surface area contributed by atoms with Gasteiger partial charge in [0.1, 0.15) is 0 Å². The van der Waals surface area contributed by atoms with E-state index in [1.807, 2.05) is 19.1 Å². The van der Waals surface area contributed by atoms with Gasteiger partial charge in [-0.1, -0.05) is 12.1 Å². The van der Waals surface area contributed by atoms with Crippen LogP contribution >= 0.6 is 0 Å². The SMILES string of the molecule is CCn1c(CS(=O)(=O)C(C)C)cc2c(C)cccc21. The van der Waals surface area contributed by atoms with Gasteiger partial charge in [-0.15, -0.1) is 0 Å². The molecule has 0 N–H and O–H groups in total. The summed E-state index contributed by atoms with van der Waals surface area (Å²) < 4.78 is 26.3. The maximum Gasteiger partial charge on any atom is 0.158 e. The summed E-state index contributed by atoms with van der Waals surface area (Å²) in [4.78, 5) is 0. The predicted octanol–water partition coefficient (Wildman–Crippen LogP) is 3.29. The molecule has 0 unspecified atom stereocenters. The Morgan fingerprint density at radius 1 is 1.26 bits per heavy atom. The summed E-state index contributed by atoms with van der Waals surface area (Å²) in [6, 6.07) is 8.15. The van der Waals surface area contributed by atoms with Crippen LogP contribution < -0.4 is 0 Å². The second-order valence-electron chi connectivity index (χ2n) is 5.24. The van der Waals surface area contributed by atoms with Crippen molar-refractivity contribution in [1.29, 1.82) is 0 Å². The average Bonchev–Trinajstić information content (AvgIpc) is 2.67. The molecule has 0 amide bonds. The van der Waals surface area contributed by atoms with Crippen molar-refractivity contribution in [2.75, 3.05) is 0 Å². The van der Waals surface area contributed by atoms with Crippen molar-refractivity contribution in [2.45, 2.75) is 45.2 Å². The number of fused-ring (bicyclic) bond motifs is 1. The highest BCUT2D eigenvalue weighted by molar-refractivity contribution is 7.91. The standard InChI is InChI=1S/C15H21NO2S/c1-5-16-13(10-19(17,18)11(2)3)9-14-12(4)7-6-8-15(14)16/h6-9,11H,5,10H2,1-4H3. The van der Waals surface area contributed by atoms with Crippen molar-refractivity contribution < 1.29 is 8.42 Å². The number of hydrogen-bond acceptors (Lipinski definition) is 2. The van der Waals surface area contributed by atoms with Gasteiger partial charge in [-0.05, 0) is 45.4 Å². The van der Waals surface area contributed by atoms with E-state index in [0.29, 0.717) is 0 Å². The summed E-state index contributed by atoms with van der Waals surface area (Å²) >= 11 is 0. The van der Waals surface area contributed by atoms with Crippen molar-refractivity contribution in [1.82, 2.24) is 4.57 Å². The van der Waals surface area contributed by atoms with Crippen LogP contribution in [0.4, 0.5) is 0 Å². The molecule has 1 aromatic carbocycles. The molecule has 1 aromatic heterocycles. The maximum absolute atomic E-state index is 12.1. The second-order valence-corrected chi connectivity index (χ2v) is 7.80. The van der Waals surface area contributed by atoms with E-state index in [4.69, 9.17) is 0 Å². The Morgan fingerprint density at radius 3 is 2.53 bits per heavy atom. The summed E-state index contributed by atoms with van der Waals surface area (Å²) in [7, 11) is -3.07. The Bertz CT molecular complexity index is 696. The number of aromatic nitrogens is 1. The summed E-state index contributed by atoms with van der Waals surface area (Å²) in [5.74, 6) is 0.118. The lowest BCUT2D eigenvalue weighted by Gasteiger charge is -2.10. The third-order valence-corrected chi connectivity index (χ3v) is 5.77. The van der Waals surface area contributed by atoms with Crippen LogP contribution in [0.3, 0.4) is 0 Å². The van der Waals surface area contributed by atoms with Gasteiger partial charge in [0.2, 0.25) is 0 Å². The first kappa shape index (κ1) is 14.1. The Balaban J connectivity index is 2.59. The van der Waals surface area contributed by atoms with E-state index in [1.54, 1.807) is 13.8 Å². The highest BCUT2D eigenvalue weighted by atomic mass is 32.2. The lowest BCUT2D eigenvalue weighted by Crippen LogP contribution is -2.18. The largest absolute Gasteiger partial charge is 0.344 e. The van der Waals surface area contributed by atoms with Gasteiger partial charge in [-0.25, -0.2) is 8.42 Å². The van der Waals surface area contributed by atoms with E-state index in [9.17, 15) is 8.42 Å². The lowest BCUT2D eigenvalue weighted by molar-refractivity contribution is 0.584. The van der Waals surface area contributed by atoms with Crippen molar-refractivity contribution in [3.05, 3.63) is 35.5 Å². The highest BCUT2D eigenvalue weighted by Gasteiger charge is 2.20. The van der Waals surface area contributed by atoms with E-state index < -0.39 is 9.84 Å². The van der Waals surface area contributed by atoms with Crippen LogP contribution in [-0.2, 0) is 22.1 Å². The highest BCUT2D eigenvalue weighted by Crippen LogP contribution is 2.25. The number of sulfone groups is 1. The molecule has 1 heterocycles. The van der Waals surface area contributed by atoms with Gasteiger partial charge in [0.25, 0.3) is 0 Å². The Morgan fingerprint density at radius 2 is 1.95 bits per heavy atom. The molecule has 2 aromatic rings. The third kappa shape index (κ3) is 2.54.